The maximum atomic E-state index is 12.1. The van der Waals surface area contributed by atoms with Crippen LogP contribution < -0.4 is 16.4 Å². The second-order valence-corrected chi connectivity index (χ2v) is 7.60. The summed E-state index contributed by atoms with van der Waals surface area (Å²) in [5, 5.41) is 6.28. The number of unbranched alkanes of at least 4 members (excludes halogenated alkanes) is 1. The Labute approximate surface area is 174 Å². The summed E-state index contributed by atoms with van der Waals surface area (Å²) in [7, 11) is 0. The number of aliphatic imine (C=N–C) groups is 1. The molecule has 0 radical (unpaired) electrons. The van der Waals surface area contributed by atoms with Crippen molar-refractivity contribution in [3.05, 3.63) is 35.4 Å². The molecule has 0 aromatic heterocycles. The fourth-order valence-corrected chi connectivity index (χ4v) is 3.54. The third-order valence-corrected chi connectivity index (χ3v) is 5.09. The van der Waals surface area contributed by atoms with Crippen molar-refractivity contribution in [3.63, 3.8) is 0 Å². The number of nitrogens with two attached hydrogens (primary N) is 1. The molecule has 7 heteroatoms. The van der Waals surface area contributed by atoms with Crippen LogP contribution >= 0.6 is 0 Å². The Morgan fingerprint density at radius 3 is 2.62 bits per heavy atom. The third-order valence-electron chi connectivity index (χ3n) is 5.09. The van der Waals surface area contributed by atoms with Gasteiger partial charge in [-0.3, -0.25) is 9.59 Å². The van der Waals surface area contributed by atoms with E-state index in [1.54, 1.807) is 0 Å². The normalized spacial score (nSPS) is 17.1. The molecule has 1 aliphatic rings. The lowest BCUT2D eigenvalue weighted by Crippen LogP contribution is -2.47. The topological polar surface area (TPSA) is 99.8 Å². The minimum atomic E-state index is -0.238. The van der Waals surface area contributed by atoms with Gasteiger partial charge in [0.15, 0.2) is 5.96 Å². The third kappa shape index (κ3) is 7.75. The van der Waals surface area contributed by atoms with Gasteiger partial charge < -0.3 is 21.3 Å². The molecule has 1 saturated heterocycles. The van der Waals surface area contributed by atoms with E-state index in [1.807, 2.05) is 31.2 Å². The standard InChI is InChI=1S/C22H35N5O2/c1-3-5-12-25-21(29)19-10-8-17(9-11-19)15-26-22(24-4-2)27-13-6-7-18(16-27)14-20(23)28/h8-11,18H,3-7,12-16H2,1-2H3,(H2,23,28)(H,24,26)(H,25,29). The molecule has 1 aromatic rings. The average Bonchev–Trinajstić information content (AvgIpc) is 2.71. The fraction of sp³-hybridized carbons (Fsp3) is 0.591. The molecular weight excluding hydrogens is 366 g/mol. The average molecular weight is 402 g/mol. The van der Waals surface area contributed by atoms with Gasteiger partial charge in [0.1, 0.15) is 0 Å². The molecule has 0 bridgehead atoms. The van der Waals surface area contributed by atoms with E-state index < -0.39 is 0 Å². The summed E-state index contributed by atoms with van der Waals surface area (Å²) in [5.74, 6) is 0.881. The molecule has 0 saturated carbocycles. The molecule has 2 rings (SSSR count). The van der Waals surface area contributed by atoms with Gasteiger partial charge in [0.25, 0.3) is 5.91 Å². The number of guanidine groups is 1. The molecular formula is C22H35N5O2. The summed E-state index contributed by atoms with van der Waals surface area (Å²) in [4.78, 5) is 30.4. The van der Waals surface area contributed by atoms with Crippen LogP contribution in [0.3, 0.4) is 0 Å². The molecule has 0 aliphatic carbocycles. The van der Waals surface area contributed by atoms with Gasteiger partial charge in [-0.2, -0.15) is 0 Å². The van der Waals surface area contributed by atoms with Crippen LogP contribution in [0.4, 0.5) is 0 Å². The van der Waals surface area contributed by atoms with Gasteiger partial charge in [-0.25, -0.2) is 4.99 Å². The number of likely N-dealkylation sites (tertiary alicyclic amines) is 1. The molecule has 1 atom stereocenters. The number of benzene rings is 1. The van der Waals surface area contributed by atoms with Crippen LogP contribution in [0.1, 0.15) is 61.9 Å². The molecule has 0 spiro atoms. The van der Waals surface area contributed by atoms with E-state index >= 15 is 0 Å². The number of hydrogen-bond donors (Lipinski definition) is 3. The molecule has 1 aliphatic heterocycles. The Balaban J connectivity index is 1.97. The van der Waals surface area contributed by atoms with Crippen LogP contribution in [-0.2, 0) is 11.3 Å². The number of primary amides is 1. The van der Waals surface area contributed by atoms with Crippen LogP contribution in [0.15, 0.2) is 29.3 Å². The number of nitrogens with one attached hydrogen (secondary N) is 2. The Hall–Kier alpha value is -2.57. The minimum absolute atomic E-state index is 0.0318. The van der Waals surface area contributed by atoms with Gasteiger partial charge in [-0.15, -0.1) is 0 Å². The van der Waals surface area contributed by atoms with Crippen molar-refractivity contribution in [1.82, 2.24) is 15.5 Å². The van der Waals surface area contributed by atoms with Crippen molar-refractivity contribution in [1.29, 1.82) is 0 Å². The lowest BCUT2D eigenvalue weighted by atomic mass is 9.95. The van der Waals surface area contributed by atoms with Crippen LogP contribution in [0.25, 0.3) is 0 Å². The Kier molecular flexibility index (Phi) is 9.47. The van der Waals surface area contributed by atoms with Crippen molar-refractivity contribution in [2.75, 3.05) is 26.2 Å². The quantitative estimate of drug-likeness (QED) is 0.336. The first-order valence-electron chi connectivity index (χ1n) is 10.7. The zero-order chi connectivity index (χ0) is 21.1. The van der Waals surface area contributed by atoms with E-state index in [9.17, 15) is 9.59 Å². The zero-order valence-electron chi connectivity index (χ0n) is 17.7. The maximum Gasteiger partial charge on any atom is 0.251 e. The molecule has 1 fully saturated rings. The smallest absolute Gasteiger partial charge is 0.251 e. The Bertz CT molecular complexity index is 687. The van der Waals surface area contributed by atoms with Crippen molar-refractivity contribution >= 4 is 17.8 Å². The van der Waals surface area contributed by atoms with Gasteiger partial charge in [0, 0.05) is 38.2 Å². The number of piperidine rings is 1. The number of amides is 2. The van der Waals surface area contributed by atoms with Gasteiger partial charge >= 0.3 is 0 Å². The molecule has 1 unspecified atom stereocenters. The molecule has 7 nitrogen and oxygen atoms in total. The van der Waals surface area contributed by atoms with E-state index in [4.69, 9.17) is 10.7 Å². The van der Waals surface area contributed by atoms with E-state index in [-0.39, 0.29) is 17.7 Å². The first kappa shape index (κ1) is 22.7. The summed E-state index contributed by atoms with van der Waals surface area (Å²) in [6.45, 7) is 7.91. The lowest BCUT2D eigenvalue weighted by Gasteiger charge is -2.34. The Morgan fingerprint density at radius 1 is 1.21 bits per heavy atom. The SMILES string of the molecule is CCCCNC(=O)c1ccc(CN=C(NCC)N2CCCC(CC(N)=O)C2)cc1. The second-order valence-electron chi connectivity index (χ2n) is 7.60. The van der Waals surface area contributed by atoms with E-state index in [0.717, 1.165) is 56.8 Å². The van der Waals surface area contributed by atoms with E-state index in [0.29, 0.717) is 25.1 Å². The highest BCUT2D eigenvalue weighted by Gasteiger charge is 2.23. The number of carbonyl (C=O) groups excluding carboxylic acids is 2. The predicted octanol–water partition coefficient (Wildman–Crippen LogP) is 2.27. The first-order valence-corrected chi connectivity index (χ1v) is 10.7. The monoisotopic (exact) mass is 401 g/mol. The number of hydrogen-bond acceptors (Lipinski definition) is 3. The summed E-state index contributed by atoms with van der Waals surface area (Å²) < 4.78 is 0. The minimum Gasteiger partial charge on any atom is -0.370 e. The number of carbonyl (C=O) groups is 2. The summed E-state index contributed by atoms with van der Waals surface area (Å²) >= 11 is 0. The maximum absolute atomic E-state index is 12.1. The highest BCUT2D eigenvalue weighted by atomic mass is 16.2. The largest absolute Gasteiger partial charge is 0.370 e. The summed E-state index contributed by atoms with van der Waals surface area (Å²) in [6, 6.07) is 7.60. The first-order chi connectivity index (χ1) is 14.0. The van der Waals surface area contributed by atoms with Crippen LogP contribution in [0, 0.1) is 5.92 Å². The molecule has 1 heterocycles. The van der Waals surface area contributed by atoms with Crippen LogP contribution in [-0.4, -0.2) is 48.9 Å². The molecule has 1 aromatic carbocycles. The lowest BCUT2D eigenvalue weighted by molar-refractivity contribution is -0.119. The number of rotatable bonds is 9. The highest BCUT2D eigenvalue weighted by Crippen LogP contribution is 2.19. The number of nitrogens with zero attached hydrogens (tertiary/aromatic N) is 2. The molecule has 4 N–H and O–H groups in total. The fourth-order valence-electron chi connectivity index (χ4n) is 3.54. The predicted molar refractivity (Wildman–Crippen MR) is 117 cm³/mol. The molecule has 2 amide bonds. The Morgan fingerprint density at radius 2 is 1.97 bits per heavy atom. The van der Waals surface area contributed by atoms with Crippen molar-refractivity contribution in [2.24, 2.45) is 16.6 Å². The van der Waals surface area contributed by atoms with Gasteiger partial charge in [-0.1, -0.05) is 25.5 Å². The summed E-state index contributed by atoms with van der Waals surface area (Å²) in [6.07, 6.45) is 4.54. The van der Waals surface area contributed by atoms with Gasteiger partial charge in [-0.05, 0) is 49.8 Å². The van der Waals surface area contributed by atoms with Crippen molar-refractivity contribution < 1.29 is 9.59 Å². The van der Waals surface area contributed by atoms with E-state index in [2.05, 4.69) is 22.5 Å². The van der Waals surface area contributed by atoms with Gasteiger partial charge in [0.05, 0.1) is 6.54 Å². The molecule has 160 valence electrons. The zero-order valence-corrected chi connectivity index (χ0v) is 17.7. The van der Waals surface area contributed by atoms with Crippen molar-refractivity contribution in [2.45, 2.75) is 52.5 Å². The van der Waals surface area contributed by atoms with Crippen LogP contribution in [0.5, 0.6) is 0 Å². The molecule has 29 heavy (non-hydrogen) atoms. The van der Waals surface area contributed by atoms with E-state index in [1.165, 1.54) is 0 Å². The second kappa shape index (κ2) is 12.1. The summed E-state index contributed by atoms with van der Waals surface area (Å²) in [5.41, 5.74) is 7.10. The van der Waals surface area contributed by atoms with Crippen LogP contribution in [0.2, 0.25) is 0 Å². The van der Waals surface area contributed by atoms with Gasteiger partial charge in [0.2, 0.25) is 5.91 Å². The van der Waals surface area contributed by atoms with Crippen molar-refractivity contribution in [3.8, 4) is 0 Å². The highest BCUT2D eigenvalue weighted by molar-refractivity contribution is 5.94.